The number of hydrogen-bond donors (Lipinski definition) is 1. The molecule has 120 valence electrons. The number of methoxy groups -OCH3 is 1. The first kappa shape index (κ1) is 14.4. The molecule has 0 saturated heterocycles. The van der Waals surface area contributed by atoms with Crippen LogP contribution < -0.4 is 10.1 Å². The predicted molar refractivity (Wildman–Crippen MR) is 87.2 cm³/mol. The van der Waals surface area contributed by atoms with Gasteiger partial charge in [0, 0.05) is 42.6 Å². The molecule has 24 heavy (non-hydrogen) atoms. The van der Waals surface area contributed by atoms with Crippen LogP contribution in [0.4, 0.5) is 0 Å². The highest BCUT2D eigenvalue weighted by atomic mass is 16.5. The van der Waals surface area contributed by atoms with Crippen LogP contribution in [0.25, 0.3) is 17.1 Å². The Morgan fingerprint density at radius 3 is 2.83 bits per heavy atom. The van der Waals surface area contributed by atoms with E-state index in [0.717, 1.165) is 23.2 Å². The zero-order valence-electron chi connectivity index (χ0n) is 13.1. The summed E-state index contributed by atoms with van der Waals surface area (Å²) in [5.74, 6) is 0.668. The molecule has 1 aliphatic rings. The van der Waals surface area contributed by atoms with Crippen LogP contribution in [0.15, 0.2) is 43.0 Å². The highest BCUT2D eigenvalue weighted by molar-refractivity contribution is 5.97. The number of imidazole rings is 1. The molecule has 1 aromatic carbocycles. The maximum Gasteiger partial charge on any atom is 0.316 e. The number of nitrogens with one attached hydrogen (secondary N) is 1. The van der Waals surface area contributed by atoms with Crippen LogP contribution in [-0.2, 0) is 6.42 Å². The zero-order valence-corrected chi connectivity index (χ0v) is 13.1. The Hall–Kier alpha value is -3.22. The molecule has 0 saturated carbocycles. The summed E-state index contributed by atoms with van der Waals surface area (Å²) in [6.07, 6.45) is 7.73. The Bertz CT molecular complexity index is 902. The van der Waals surface area contributed by atoms with Gasteiger partial charge in [-0.3, -0.25) is 9.36 Å². The van der Waals surface area contributed by atoms with E-state index in [4.69, 9.17) is 4.74 Å². The van der Waals surface area contributed by atoms with Crippen LogP contribution >= 0.6 is 0 Å². The summed E-state index contributed by atoms with van der Waals surface area (Å²) in [6.45, 7) is 0.685. The first-order chi connectivity index (χ1) is 11.8. The van der Waals surface area contributed by atoms with E-state index in [9.17, 15) is 4.79 Å². The molecule has 2 aromatic heterocycles. The molecule has 4 rings (SSSR count). The van der Waals surface area contributed by atoms with Crippen LogP contribution in [0.2, 0.25) is 0 Å². The third-order valence-corrected chi connectivity index (χ3v) is 4.01. The summed E-state index contributed by atoms with van der Waals surface area (Å²) in [6, 6.07) is 6.19. The second-order valence-electron chi connectivity index (χ2n) is 5.43. The highest BCUT2D eigenvalue weighted by Gasteiger charge is 2.18. The molecule has 1 N–H and O–H groups in total. The first-order valence-corrected chi connectivity index (χ1v) is 7.57. The van der Waals surface area contributed by atoms with E-state index in [-0.39, 0.29) is 5.91 Å². The number of benzene rings is 1. The summed E-state index contributed by atoms with van der Waals surface area (Å²) >= 11 is 0. The number of ether oxygens (including phenoxy) is 1. The average Bonchev–Trinajstić information content (AvgIpc) is 3.12. The van der Waals surface area contributed by atoms with E-state index in [1.54, 1.807) is 18.6 Å². The molecule has 7 nitrogen and oxygen atoms in total. The van der Waals surface area contributed by atoms with E-state index in [1.807, 2.05) is 29.0 Å². The largest absolute Gasteiger partial charge is 0.467 e. The molecule has 3 aromatic rings. The standard InChI is InChI=1S/C17H15N5O2/c1-24-17-20-9-12(10-21-17)15-18-6-7-22(15)13-3-2-11-4-5-19-16(23)14(11)8-13/h2-3,6-10H,4-5H2,1H3,(H,19,23). The minimum Gasteiger partial charge on any atom is -0.467 e. The molecular formula is C17H15N5O2. The number of fused-ring (bicyclic) bond motifs is 1. The minimum absolute atomic E-state index is 0.0347. The number of aromatic nitrogens is 4. The van der Waals surface area contributed by atoms with Gasteiger partial charge in [0.2, 0.25) is 0 Å². The highest BCUT2D eigenvalue weighted by Crippen LogP contribution is 2.24. The zero-order chi connectivity index (χ0) is 16.5. The van der Waals surface area contributed by atoms with Gasteiger partial charge in [-0.05, 0) is 24.1 Å². The molecule has 3 heterocycles. The van der Waals surface area contributed by atoms with E-state index in [2.05, 4.69) is 20.3 Å². The van der Waals surface area contributed by atoms with Crippen molar-refractivity contribution in [2.75, 3.05) is 13.7 Å². The fourth-order valence-corrected chi connectivity index (χ4v) is 2.81. The van der Waals surface area contributed by atoms with E-state index in [1.165, 1.54) is 7.11 Å². The Kier molecular flexibility index (Phi) is 3.45. The number of rotatable bonds is 3. The topological polar surface area (TPSA) is 81.9 Å². The number of carbonyl (C=O) groups excluding carboxylic acids is 1. The van der Waals surface area contributed by atoms with Crippen molar-refractivity contribution >= 4 is 5.91 Å². The van der Waals surface area contributed by atoms with Crippen molar-refractivity contribution in [2.24, 2.45) is 0 Å². The van der Waals surface area contributed by atoms with Gasteiger partial charge in [-0.1, -0.05) is 6.07 Å². The molecule has 0 bridgehead atoms. The molecule has 0 aliphatic carbocycles. The minimum atomic E-state index is -0.0347. The average molecular weight is 321 g/mol. The Balaban J connectivity index is 1.77. The van der Waals surface area contributed by atoms with E-state index >= 15 is 0 Å². The van der Waals surface area contributed by atoms with Gasteiger partial charge >= 0.3 is 6.01 Å². The monoisotopic (exact) mass is 321 g/mol. The van der Waals surface area contributed by atoms with Gasteiger partial charge in [0.05, 0.1) is 12.7 Å². The lowest BCUT2D eigenvalue weighted by atomic mass is 10.00. The quantitative estimate of drug-likeness (QED) is 0.793. The fraction of sp³-hybridized carbons (Fsp3) is 0.176. The number of carbonyl (C=O) groups is 1. The van der Waals surface area contributed by atoms with Crippen LogP contribution in [0.1, 0.15) is 15.9 Å². The van der Waals surface area contributed by atoms with Gasteiger partial charge in [0.1, 0.15) is 5.82 Å². The molecule has 1 amide bonds. The molecule has 0 spiro atoms. The lowest BCUT2D eigenvalue weighted by Crippen LogP contribution is -2.31. The second-order valence-corrected chi connectivity index (χ2v) is 5.43. The maximum atomic E-state index is 12.1. The van der Waals surface area contributed by atoms with Crippen molar-refractivity contribution in [1.82, 2.24) is 24.8 Å². The smallest absolute Gasteiger partial charge is 0.316 e. The lowest BCUT2D eigenvalue weighted by Gasteiger charge is -2.18. The van der Waals surface area contributed by atoms with Crippen molar-refractivity contribution < 1.29 is 9.53 Å². The molecular weight excluding hydrogens is 306 g/mol. The summed E-state index contributed by atoms with van der Waals surface area (Å²) < 4.78 is 6.89. The van der Waals surface area contributed by atoms with Crippen LogP contribution in [0, 0.1) is 0 Å². The van der Waals surface area contributed by atoms with Crippen molar-refractivity contribution in [1.29, 1.82) is 0 Å². The summed E-state index contributed by atoms with van der Waals surface area (Å²) in [7, 11) is 1.52. The normalized spacial score (nSPS) is 13.3. The van der Waals surface area contributed by atoms with Gasteiger partial charge in [-0.2, -0.15) is 0 Å². The SMILES string of the molecule is COc1ncc(-c2nccn2-c2ccc3c(c2)C(=O)NCC3)cn1. The number of hydrogen-bond acceptors (Lipinski definition) is 5. The third-order valence-electron chi connectivity index (χ3n) is 4.01. The van der Waals surface area contributed by atoms with Crippen LogP contribution in [0.5, 0.6) is 6.01 Å². The third kappa shape index (κ3) is 2.40. The summed E-state index contributed by atoms with van der Waals surface area (Å²) in [4.78, 5) is 24.7. The van der Waals surface area contributed by atoms with Gasteiger partial charge in [0.25, 0.3) is 5.91 Å². The summed E-state index contributed by atoms with van der Waals surface area (Å²) in [5.41, 5.74) is 3.42. The number of amides is 1. The second kappa shape index (κ2) is 5.77. The van der Waals surface area contributed by atoms with Crippen molar-refractivity contribution in [3.05, 3.63) is 54.1 Å². The number of nitrogens with zero attached hydrogens (tertiary/aromatic N) is 4. The van der Waals surface area contributed by atoms with E-state index in [0.29, 0.717) is 23.9 Å². The van der Waals surface area contributed by atoms with E-state index < -0.39 is 0 Å². The molecule has 0 radical (unpaired) electrons. The molecule has 7 heteroatoms. The van der Waals surface area contributed by atoms with Crippen molar-refractivity contribution in [2.45, 2.75) is 6.42 Å². The van der Waals surface area contributed by atoms with Gasteiger partial charge in [-0.25, -0.2) is 15.0 Å². The Labute approximate surface area is 138 Å². The molecule has 1 aliphatic heterocycles. The van der Waals surface area contributed by atoms with Gasteiger partial charge in [0.15, 0.2) is 0 Å². The lowest BCUT2D eigenvalue weighted by molar-refractivity contribution is 0.0946. The Morgan fingerprint density at radius 2 is 2.04 bits per heavy atom. The maximum absolute atomic E-state index is 12.1. The van der Waals surface area contributed by atoms with Crippen LogP contribution in [-0.4, -0.2) is 39.1 Å². The molecule has 0 unspecified atom stereocenters. The predicted octanol–water partition coefficient (Wildman–Crippen LogP) is 1.62. The fourth-order valence-electron chi connectivity index (χ4n) is 2.81. The van der Waals surface area contributed by atoms with Crippen molar-refractivity contribution in [3.8, 4) is 23.1 Å². The molecule has 0 fully saturated rings. The molecule has 0 atom stereocenters. The van der Waals surface area contributed by atoms with Gasteiger partial charge in [-0.15, -0.1) is 0 Å². The van der Waals surface area contributed by atoms with Gasteiger partial charge < -0.3 is 10.1 Å². The first-order valence-electron chi connectivity index (χ1n) is 7.57. The summed E-state index contributed by atoms with van der Waals surface area (Å²) in [5, 5.41) is 2.87. The van der Waals surface area contributed by atoms with Crippen molar-refractivity contribution in [3.63, 3.8) is 0 Å². The van der Waals surface area contributed by atoms with Crippen LogP contribution in [0.3, 0.4) is 0 Å². The Morgan fingerprint density at radius 1 is 1.21 bits per heavy atom.